The molecule has 0 aliphatic rings. The summed E-state index contributed by atoms with van der Waals surface area (Å²) in [6.45, 7) is 2.16. The van der Waals surface area contributed by atoms with Crippen LogP contribution in [0.5, 0.6) is 0 Å². The molecule has 0 bridgehead atoms. The predicted molar refractivity (Wildman–Crippen MR) is 113 cm³/mol. The van der Waals surface area contributed by atoms with Gasteiger partial charge in [0, 0.05) is 22.8 Å². The van der Waals surface area contributed by atoms with Gasteiger partial charge in [0.2, 0.25) is 11.8 Å². The van der Waals surface area contributed by atoms with Crippen LogP contribution in [0.4, 0.5) is 17.1 Å². The first-order valence-electron chi connectivity index (χ1n) is 8.86. The Labute approximate surface area is 169 Å². The van der Waals surface area contributed by atoms with E-state index in [1.54, 1.807) is 24.3 Å². The van der Waals surface area contributed by atoms with Crippen LogP contribution in [0.25, 0.3) is 0 Å². The molecule has 2 rings (SSSR count). The van der Waals surface area contributed by atoms with E-state index < -0.39 is 0 Å². The van der Waals surface area contributed by atoms with Crippen LogP contribution >= 0.6 is 23.2 Å². The normalized spacial score (nSPS) is 10.3. The lowest BCUT2D eigenvalue weighted by Gasteiger charge is -2.11. The van der Waals surface area contributed by atoms with Gasteiger partial charge in [-0.25, -0.2) is 0 Å². The maximum absolute atomic E-state index is 12.1. The van der Waals surface area contributed by atoms with Crippen molar-refractivity contribution >= 4 is 52.1 Å². The summed E-state index contributed by atoms with van der Waals surface area (Å²) in [6.07, 6.45) is 3.52. The van der Waals surface area contributed by atoms with Crippen molar-refractivity contribution < 1.29 is 9.59 Å². The van der Waals surface area contributed by atoms with Crippen LogP contribution < -0.4 is 16.0 Å². The summed E-state index contributed by atoms with van der Waals surface area (Å²) in [5, 5.41) is 9.51. The number of hydrogen-bond donors (Lipinski definition) is 3. The topological polar surface area (TPSA) is 70.2 Å². The van der Waals surface area contributed by atoms with Crippen molar-refractivity contribution in [2.45, 2.75) is 32.6 Å². The zero-order valence-corrected chi connectivity index (χ0v) is 16.7. The fraction of sp³-hybridized carbons (Fsp3) is 0.300. The number of unbranched alkanes of at least 4 members (excludes halogenated alkanes) is 2. The number of carbonyl (C=O) groups is 2. The zero-order valence-electron chi connectivity index (χ0n) is 15.1. The maximum Gasteiger partial charge on any atom is 0.243 e. The Balaban J connectivity index is 1.84. The molecule has 0 unspecified atom stereocenters. The number of amides is 2. The Morgan fingerprint density at radius 3 is 2.44 bits per heavy atom. The largest absolute Gasteiger partial charge is 0.376 e. The number of benzene rings is 2. The fourth-order valence-corrected chi connectivity index (χ4v) is 2.89. The van der Waals surface area contributed by atoms with Gasteiger partial charge in [0.25, 0.3) is 0 Å². The molecule has 0 aliphatic carbocycles. The predicted octanol–water partition coefficient (Wildman–Crippen LogP) is 5.56. The molecule has 7 heteroatoms. The summed E-state index contributed by atoms with van der Waals surface area (Å²) in [5.74, 6) is -0.246. The quantitative estimate of drug-likeness (QED) is 0.476. The highest BCUT2D eigenvalue weighted by molar-refractivity contribution is 6.36. The summed E-state index contributed by atoms with van der Waals surface area (Å²) < 4.78 is 0. The smallest absolute Gasteiger partial charge is 0.243 e. The van der Waals surface area contributed by atoms with Gasteiger partial charge in [-0.2, -0.15) is 0 Å². The van der Waals surface area contributed by atoms with Crippen LogP contribution in [0.2, 0.25) is 10.0 Å². The van der Waals surface area contributed by atoms with Crippen molar-refractivity contribution in [2.75, 3.05) is 22.5 Å². The second kappa shape index (κ2) is 10.8. The van der Waals surface area contributed by atoms with Crippen molar-refractivity contribution in [1.82, 2.24) is 0 Å². The number of anilines is 3. The van der Waals surface area contributed by atoms with E-state index in [0.29, 0.717) is 27.8 Å². The summed E-state index contributed by atoms with van der Waals surface area (Å²) in [4.78, 5) is 24.0. The molecule has 0 spiro atoms. The van der Waals surface area contributed by atoms with Crippen LogP contribution in [0.3, 0.4) is 0 Å². The molecule has 0 aromatic heterocycles. The van der Waals surface area contributed by atoms with Gasteiger partial charge in [-0.05, 0) is 42.8 Å². The molecule has 0 heterocycles. The third kappa shape index (κ3) is 7.49. The first-order valence-corrected chi connectivity index (χ1v) is 9.62. The van der Waals surface area contributed by atoms with E-state index >= 15 is 0 Å². The first kappa shape index (κ1) is 21.1. The minimum absolute atomic E-state index is 0.00396. The molecular formula is C20H23Cl2N3O2. The van der Waals surface area contributed by atoms with Gasteiger partial charge in [0.15, 0.2) is 0 Å². The first-order chi connectivity index (χ1) is 13.0. The SMILES string of the molecule is CCCCCC(=O)Nc1cccc(NCC(=O)Nc2ccc(Cl)cc2Cl)c1. The summed E-state index contributed by atoms with van der Waals surface area (Å²) in [6, 6.07) is 12.1. The van der Waals surface area contributed by atoms with Crippen LogP contribution in [0, 0.1) is 0 Å². The molecule has 2 amide bonds. The van der Waals surface area contributed by atoms with E-state index in [1.165, 1.54) is 0 Å². The Hall–Kier alpha value is -2.24. The van der Waals surface area contributed by atoms with Crippen molar-refractivity contribution in [2.24, 2.45) is 0 Å². The maximum atomic E-state index is 12.1. The Bertz CT molecular complexity index is 797. The van der Waals surface area contributed by atoms with E-state index in [9.17, 15) is 9.59 Å². The number of hydrogen-bond acceptors (Lipinski definition) is 3. The molecule has 0 radical (unpaired) electrons. The van der Waals surface area contributed by atoms with Gasteiger partial charge in [-0.15, -0.1) is 0 Å². The van der Waals surface area contributed by atoms with Gasteiger partial charge in [0.1, 0.15) is 0 Å². The van der Waals surface area contributed by atoms with Gasteiger partial charge in [-0.1, -0.05) is 49.0 Å². The second-order valence-electron chi connectivity index (χ2n) is 6.11. The number of halogens is 2. The minimum atomic E-state index is -0.242. The lowest BCUT2D eigenvalue weighted by Crippen LogP contribution is -2.22. The molecule has 3 N–H and O–H groups in total. The standard InChI is InChI=1S/C20H23Cl2N3O2/c1-2-3-4-8-19(26)24-16-7-5-6-15(12-16)23-13-20(27)25-18-10-9-14(21)11-17(18)22/h5-7,9-12,23H,2-4,8,13H2,1H3,(H,24,26)(H,25,27). The molecule has 0 saturated carbocycles. The van der Waals surface area contributed by atoms with Crippen molar-refractivity contribution in [3.63, 3.8) is 0 Å². The van der Waals surface area contributed by atoms with Crippen LogP contribution in [0.1, 0.15) is 32.6 Å². The van der Waals surface area contributed by atoms with Crippen LogP contribution in [-0.2, 0) is 9.59 Å². The van der Waals surface area contributed by atoms with Gasteiger partial charge < -0.3 is 16.0 Å². The lowest BCUT2D eigenvalue weighted by molar-refractivity contribution is -0.116. The summed E-state index contributed by atoms with van der Waals surface area (Å²) in [5.41, 5.74) is 1.93. The number of rotatable bonds is 9. The molecule has 0 fully saturated rings. The molecule has 2 aromatic carbocycles. The molecule has 27 heavy (non-hydrogen) atoms. The fourth-order valence-electron chi connectivity index (χ4n) is 2.43. The molecule has 5 nitrogen and oxygen atoms in total. The molecule has 0 aliphatic heterocycles. The summed E-state index contributed by atoms with van der Waals surface area (Å²) in [7, 11) is 0. The second-order valence-corrected chi connectivity index (χ2v) is 6.96. The van der Waals surface area contributed by atoms with Gasteiger partial charge in [0.05, 0.1) is 17.3 Å². The summed E-state index contributed by atoms with van der Waals surface area (Å²) >= 11 is 11.9. The Morgan fingerprint density at radius 1 is 0.926 bits per heavy atom. The molecule has 0 atom stereocenters. The van der Waals surface area contributed by atoms with E-state index in [2.05, 4.69) is 22.9 Å². The minimum Gasteiger partial charge on any atom is -0.376 e. The third-order valence-electron chi connectivity index (χ3n) is 3.81. The average molecular weight is 408 g/mol. The molecular weight excluding hydrogens is 385 g/mol. The van der Waals surface area contributed by atoms with E-state index in [1.807, 2.05) is 18.2 Å². The number of nitrogens with one attached hydrogen (secondary N) is 3. The third-order valence-corrected chi connectivity index (χ3v) is 4.36. The molecule has 2 aromatic rings. The van der Waals surface area contributed by atoms with Crippen molar-refractivity contribution in [3.8, 4) is 0 Å². The van der Waals surface area contributed by atoms with E-state index in [-0.39, 0.29) is 18.4 Å². The van der Waals surface area contributed by atoms with Crippen LogP contribution in [0.15, 0.2) is 42.5 Å². The van der Waals surface area contributed by atoms with Crippen molar-refractivity contribution in [3.05, 3.63) is 52.5 Å². The average Bonchev–Trinajstić information content (AvgIpc) is 2.63. The molecule has 144 valence electrons. The van der Waals surface area contributed by atoms with Gasteiger partial charge >= 0.3 is 0 Å². The lowest BCUT2D eigenvalue weighted by atomic mass is 10.2. The monoisotopic (exact) mass is 407 g/mol. The molecule has 0 saturated heterocycles. The van der Waals surface area contributed by atoms with E-state index in [4.69, 9.17) is 23.2 Å². The van der Waals surface area contributed by atoms with E-state index in [0.717, 1.165) is 24.9 Å². The Kier molecular flexibility index (Phi) is 8.43. The van der Waals surface area contributed by atoms with Crippen LogP contribution in [-0.4, -0.2) is 18.4 Å². The highest BCUT2D eigenvalue weighted by Crippen LogP contribution is 2.25. The number of carbonyl (C=O) groups excluding carboxylic acids is 2. The highest BCUT2D eigenvalue weighted by atomic mass is 35.5. The van der Waals surface area contributed by atoms with Crippen molar-refractivity contribution in [1.29, 1.82) is 0 Å². The zero-order chi connectivity index (χ0) is 19.6. The highest BCUT2D eigenvalue weighted by Gasteiger charge is 2.07. The Morgan fingerprint density at radius 2 is 1.70 bits per heavy atom. The van der Waals surface area contributed by atoms with Gasteiger partial charge in [-0.3, -0.25) is 9.59 Å².